The van der Waals surface area contributed by atoms with Crippen molar-refractivity contribution >= 4 is 12.2 Å². The number of alkyl halides is 1. The van der Waals surface area contributed by atoms with Gasteiger partial charge in [0.2, 0.25) is 0 Å². The van der Waals surface area contributed by atoms with Gasteiger partial charge in [-0.1, -0.05) is 45.2 Å². The fraction of sp³-hybridized carbons (Fsp3) is 0.231. The van der Waals surface area contributed by atoms with Gasteiger partial charge in [0, 0.05) is 5.56 Å². The summed E-state index contributed by atoms with van der Waals surface area (Å²) in [4.78, 5) is 0. The van der Waals surface area contributed by atoms with Crippen LogP contribution in [0.3, 0.4) is 0 Å². The van der Waals surface area contributed by atoms with E-state index in [1.807, 2.05) is 13.8 Å². The van der Waals surface area contributed by atoms with Crippen LogP contribution in [0.2, 0.25) is 0 Å². The quantitative estimate of drug-likeness (QED) is 0.680. The molecule has 16 heavy (non-hydrogen) atoms. The summed E-state index contributed by atoms with van der Waals surface area (Å²) in [6.45, 7) is 10.9. The monoisotopic (exact) mass is 230 g/mol. The number of hydrogen-bond acceptors (Lipinski definition) is 0. The molecule has 0 bridgehead atoms. The molecule has 0 atom stereocenters. The Kier molecular flexibility index (Phi) is 10.6. The molecule has 0 amide bonds. The minimum Gasteiger partial charge on any atom is -0.255 e. The zero-order valence-corrected chi connectivity index (χ0v) is 9.86. The number of benzene rings is 1. The molecule has 1 aromatic rings. The van der Waals surface area contributed by atoms with Crippen molar-refractivity contribution < 1.29 is 13.2 Å². The molecule has 0 N–H and O–H groups in total. The van der Waals surface area contributed by atoms with Gasteiger partial charge in [0.15, 0.2) is 11.6 Å². The Morgan fingerprint density at radius 3 is 1.88 bits per heavy atom. The van der Waals surface area contributed by atoms with Gasteiger partial charge in [-0.3, -0.25) is 4.39 Å². The third kappa shape index (κ3) is 4.34. The highest BCUT2D eigenvalue weighted by atomic mass is 19.2. The van der Waals surface area contributed by atoms with Crippen molar-refractivity contribution in [3.63, 3.8) is 0 Å². The van der Waals surface area contributed by atoms with Crippen molar-refractivity contribution in [3.05, 3.63) is 48.1 Å². The van der Waals surface area contributed by atoms with Crippen LogP contribution in [-0.4, -0.2) is 7.18 Å². The molecule has 90 valence electrons. The van der Waals surface area contributed by atoms with E-state index in [1.165, 1.54) is 18.2 Å². The second-order valence-corrected chi connectivity index (χ2v) is 2.27. The molecule has 0 nitrogen and oxygen atoms in total. The van der Waals surface area contributed by atoms with Crippen LogP contribution in [0.15, 0.2) is 25.3 Å². The van der Waals surface area contributed by atoms with Crippen molar-refractivity contribution in [2.45, 2.75) is 13.8 Å². The molecular formula is C13H17F3. The second kappa shape index (κ2) is 10.0. The molecule has 0 aliphatic heterocycles. The van der Waals surface area contributed by atoms with Crippen LogP contribution < -0.4 is 0 Å². The lowest BCUT2D eigenvalue weighted by Crippen LogP contribution is -1.91. The predicted molar refractivity (Wildman–Crippen MR) is 64.9 cm³/mol. The standard InChI is InChI=1S/C10H8F2.C2H6.CH3F/c1-3-7-5-6-9(11)10(12)8(7)4-2;2*1-2/h3-6H,1-2H2;1-2H3;1H3. The lowest BCUT2D eigenvalue weighted by Gasteiger charge is -2.02. The molecule has 0 radical (unpaired) electrons. The summed E-state index contributed by atoms with van der Waals surface area (Å²) in [6, 6.07) is 2.53. The summed E-state index contributed by atoms with van der Waals surface area (Å²) in [6.07, 6.45) is 2.73. The van der Waals surface area contributed by atoms with E-state index in [4.69, 9.17) is 0 Å². The van der Waals surface area contributed by atoms with E-state index in [2.05, 4.69) is 13.2 Å². The molecule has 0 heterocycles. The molecule has 3 heteroatoms. The van der Waals surface area contributed by atoms with Gasteiger partial charge in [0.25, 0.3) is 0 Å². The van der Waals surface area contributed by atoms with Gasteiger partial charge in [-0.25, -0.2) is 8.78 Å². The lowest BCUT2D eigenvalue weighted by molar-refractivity contribution is 0.507. The van der Waals surface area contributed by atoms with Gasteiger partial charge >= 0.3 is 0 Å². The average Bonchev–Trinajstić information content (AvgIpc) is 2.37. The van der Waals surface area contributed by atoms with Gasteiger partial charge in [-0.2, -0.15) is 0 Å². The molecule has 0 spiro atoms. The zero-order chi connectivity index (χ0) is 13.1. The van der Waals surface area contributed by atoms with E-state index in [0.29, 0.717) is 12.7 Å². The van der Waals surface area contributed by atoms with Crippen molar-refractivity contribution in [1.29, 1.82) is 0 Å². The van der Waals surface area contributed by atoms with E-state index in [0.717, 1.165) is 6.07 Å². The molecule has 0 aromatic heterocycles. The largest absolute Gasteiger partial charge is 0.255 e. The molecule has 0 saturated heterocycles. The highest BCUT2D eigenvalue weighted by molar-refractivity contribution is 5.63. The third-order valence-electron chi connectivity index (χ3n) is 1.59. The maximum absolute atomic E-state index is 13.0. The maximum atomic E-state index is 13.0. The van der Waals surface area contributed by atoms with E-state index >= 15 is 0 Å². The normalized spacial score (nSPS) is 7.88. The number of rotatable bonds is 2. The van der Waals surface area contributed by atoms with Crippen LogP contribution >= 0.6 is 0 Å². The highest BCUT2D eigenvalue weighted by Gasteiger charge is 2.07. The van der Waals surface area contributed by atoms with Gasteiger partial charge in [-0.05, 0) is 11.6 Å². The first-order chi connectivity index (χ1) is 7.70. The Hall–Kier alpha value is -1.51. The Labute approximate surface area is 95.1 Å². The molecular weight excluding hydrogens is 213 g/mol. The van der Waals surface area contributed by atoms with Crippen LogP contribution in [0.1, 0.15) is 25.0 Å². The molecule has 0 aliphatic carbocycles. The Morgan fingerprint density at radius 2 is 1.50 bits per heavy atom. The van der Waals surface area contributed by atoms with Crippen molar-refractivity contribution in [1.82, 2.24) is 0 Å². The van der Waals surface area contributed by atoms with E-state index in [9.17, 15) is 13.2 Å². The molecule has 1 aromatic carbocycles. The fourth-order valence-electron chi connectivity index (χ4n) is 0.967. The smallest absolute Gasteiger partial charge is 0.166 e. The van der Waals surface area contributed by atoms with Crippen LogP contribution in [0.4, 0.5) is 13.2 Å². The molecule has 0 fully saturated rings. The Bertz CT molecular complexity index is 330. The summed E-state index contributed by atoms with van der Waals surface area (Å²) in [5.74, 6) is -1.74. The van der Waals surface area contributed by atoms with Crippen LogP contribution in [0, 0.1) is 11.6 Å². The molecule has 0 saturated carbocycles. The van der Waals surface area contributed by atoms with Crippen LogP contribution in [0.25, 0.3) is 12.2 Å². The first kappa shape index (κ1) is 16.9. The average molecular weight is 230 g/mol. The van der Waals surface area contributed by atoms with E-state index in [-0.39, 0.29) is 5.56 Å². The number of halogens is 3. The second-order valence-electron chi connectivity index (χ2n) is 2.27. The maximum Gasteiger partial charge on any atom is 0.166 e. The summed E-state index contributed by atoms with van der Waals surface area (Å²) >= 11 is 0. The topological polar surface area (TPSA) is 0 Å². The van der Waals surface area contributed by atoms with E-state index in [1.54, 1.807) is 0 Å². The summed E-state index contributed by atoms with van der Waals surface area (Å²) in [5.41, 5.74) is 0.703. The SMILES string of the molecule is C=Cc1ccc(F)c(F)c1C=C.CC.CF. The van der Waals surface area contributed by atoms with Gasteiger partial charge in [-0.15, -0.1) is 0 Å². The van der Waals surface area contributed by atoms with Crippen LogP contribution in [-0.2, 0) is 0 Å². The van der Waals surface area contributed by atoms with Crippen LogP contribution in [0.5, 0.6) is 0 Å². The molecule has 1 rings (SSSR count). The van der Waals surface area contributed by atoms with E-state index < -0.39 is 11.6 Å². The third-order valence-corrected chi connectivity index (χ3v) is 1.59. The summed E-state index contributed by atoms with van der Waals surface area (Å²) < 4.78 is 35.1. The highest BCUT2D eigenvalue weighted by Crippen LogP contribution is 2.18. The lowest BCUT2D eigenvalue weighted by atomic mass is 10.1. The van der Waals surface area contributed by atoms with Crippen molar-refractivity contribution in [2.24, 2.45) is 0 Å². The Balaban J connectivity index is 0. The summed E-state index contributed by atoms with van der Waals surface area (Å²) in [5, 5.41) is 0. The molecule has 0 aliphatic rings. The first-order valence-electron chi connectivity index (χ1n) is 4.81. The van der Waals surface area contributed by atoms with Gasteiger partial charge in [0.1, 0.15) is 0 Å². The first-order valence-corrected chi connectivity index (χ1v) is 4.81. The minimum absolute atomic E-state index is 0.157. The molecule has 0 unspecified atom stereocenters. The van der Waals surface area contributed by atoms with Crippen molar-refractivity contribution in [3.8, 4) is 0 Å². The summed E-state index contributed by atoms with van der Waals surface area (Å²) in [7, 11) is 0.500. The Morgan fingerprint density at radius 1 is 1.00 bits per heavy atom. The zero-order valence-electron chi connectivity index (χ0n) is 9.86. The minimum atomic E-state index is -0.873. The van der Waals surface area contributed by atoms with Crippen molar-refractivity contribution in [2.75, 3.05) is 7.18 Å². The van der Waals surface area contributed by atoms with Gasteiger partial charge in [0.05, 0.1) is 7.18 Å². The van der Waals surface area contributed by atoms with Gasteiger partial charge < -0.3 is 0 Å². The predicted octanol–water partition coefficient (Wildman–Crippen LogP) is 4.86. The fourth-order valence-corrected chi connectivity index (χ4v) is 0.967. The number of hydrogen-bond donors (Lipinski definition) is 0.